The third kappa shape index (κ3) is 3.58. The van der Waals surface area contributed by atoms with Gasteiger partial charge in [-0.05, 0) is 35.4 Å². The van der Waals surface area contributed by atoms with Crippen LogP contribution in [0.3, 0.4) is 0 Å². The molecule has 0 spiro atoms. The van der Waals surface area contributed by atoms with Gasteiger partial charge in [-0.2, -0.15) is 4.31 Å². The van der Waals surface area contributed by atoms with Gasteiger partial charge in [-0.1, -0.05) is 30.3 Å². The molecule has 0 amide bonds. The van der Waals surface area contributed by atoms with Crippen molar-refractivity contribution >= 4 is 10.0 Å². The normalized spacial score (nSPS) is 23.2. The first-order valence-corrected chi connectivity index (χ1v) is 11.3. The summed E-state index contributed by atoms with van der Waals surface area (Å²) in [7, 11) is -3.76. The zero-order valence-electron chi connectivity index (χ0n) is 16.3. The number of ether oxygens (including phenoxy) is 1. The molecule has 0 saturated carbocycles. The molecule has 4 heterocycles. The Hall–Kier alpha value is -2.81. The van der Waals surface area contributed by atoms with Crippen LogP contribution in [0.1, 0.15) is 11.1 Å². The quantitative estimate of drug-likeness (QED) is 0.642. The van der Waals surface area contributed by atoms with E-state index in [2.05, 4.69) is 14.9 Å². The first-order chi connectivity index (χ1) is 14.6. The summed E-state index contributed by atoms with van der Waals surface area (Å²) in [5.41, 5.74) is 2.08. The smallest absolute Gasteiger partial charge is 0.249 e. The molecule has 5 rings (SSSR count). The Kier molecular flexibility index (Phi) is 4.98. The first kappa shape index (κ1) is 19.2. The SMILES string of the molecule is O=S1(=O)c2cccnc2O[C@H]2CN(Cc3ccncc3)C[C@@H]2N1Cc1ccccc1. The Morgan fingerprint density at radius 2 is 1.67 bits per heavy atom. The van der Waals surface area contributed by atoms with Crippen LogP contribution in [0.2, 0.25) is 0 Å². The molecule has 1 aromatic carbocycles. The molecule has 8 heteroatoms. The van der Waals surface area contributed by atoms with Crippen molar-refractivity contribution in [1.82, 2.24) is 19.2 Å². The number of hydrogen-bond acceptors (Lipinski definition) is 6. The molecule has 1 fully saturated rings. The summed E-state index contributed by atoms with van der Waals surface area (Å²) in [6, 6.07) is 16.5. The van der Waals surface area contributed by atoms with Gasteiger partial charge in [0, 0.05) is 44.8 Å². The highest BCUT2D eigenvalue weighted by atomic mass is 32.2. The molecule has 3 aromatic rings. The molecule has 2 aliphatic rings. The Bertz CT molecular complexity index is 1130. The summed E-state index contributed by atoms with van der Waals surface area (Å²) in [4.78, 5) is 10.7. The van der Waals surface area contributed by atoms with E-state index in [1.807, 2.05) is 42.5 Å². The van der Waals surface area contributed by atoms with E-state index in [1.165, 1.54) is 0 Å². The van der Waals surface area contributed by atoms with Crippen molar-refractivity contribution in [2.24, 2.45) is 0 Å². The molecule has 30 heavy (non-hydrogen) atoms. The van der Waals surface area contributed by atoms with Crippen LogP contribution < -0.4 is 4.74 Å². The Balaban J connectivity index is 1.51. The molecule has 0 radical (unpaired) electrons. The van der Waals surface area contributed by atoms with Gasteiger partial charge in [-0.15, -0.1) is 0 Å². The second-order valence-electron chi connectivity index (χ2n) is 7.62. The van der Waals surface area contributed by atoms with Gasteiger partial charge in [0.25, 0.3) is 0 Å². The fourth-order valence-electron chi connectivity index (χ4n) is 4.18. The third-order valence-electron chi connectivity index (χ3n) is 5.61. The van der Waals surface area contributed by atoms with Crippen LogP contribution in [0.5, 0.6) is 5.88 Å². The molecule has 0 bridgehead atoms. The fraction of sp³-hybridized carbons (Fsp3) is 0.273. The van der Waals surface area contributed by atoms with Gasteiger partial charge in [0.2, 0.25) is 15.9 Å². The van der Waals surface area contributed by atoms with Gasteiger partial charge >= 0.3 is 0 Å². The first-order valence-electron chi connectivity index (χ1n) is 9.90. The van der Waals surface area contributed by atoms with Gasteiger partial charge in [0.05, 0.1) is 6.04 Å². The van der Waals surface area contributed by atoms with Gasteiger partial charge in [0.1, 0.15) is 11.0 Å². The lowest BCUT2D eigenvalue weighted by Crippen LogP contribution is -2.46. The molecule has 0 unspecified atom stereocenters. The highest BCUT2D eigenvalue weighted by Gasteiger charge is 2.47. The Morgan fingerprint density at radius 3 is 2.47 bits per heavy atom. The number of fused-ring (bicyclic) bond motifs is 2. The Labute approximate surface area is 176 Å². The molecular formula is C22H22N4O3S. The summed E-state index contributed by atoms with van der Waals surface area (Å²) < 4.78 is 35.0. The van der Waals surface area contributed by atoms with E-state index in [0.717, 1.165) is 11.1 Å². The van der Waals surface area contributed by atoms with Crippen molar-refractivity contribution in [1.29, 1.82) is 0 Å². The largest absolute Gasteiger partial charge is 0.470 e. The lowest BCUT2D eigenvalue weighted by molar-refractivity contribution is 0.144. The molecular weight excluding hydrogens is 400 g/mol. The van der Waals surface area contributed by atoms with E-state index < -0.39 is 10.0 Å². The van der Waals surface area contributed by atoms with Gasteiger partial charge < -0.3 is 4.74 Å². The summed E-state index contributed by atoms with van der Waals surface area (Å²) in [5, 5.41) is 0. The van der Waals surface area contributed by atoms with E-state index >= 15 is 0 Å². The summed E-state index contributed by atoms with van der Waals surface area (Å²) in [5.74, 6) is 0.189. The van der Waals surface area contributed by atoms with Gasteiger partial charge in [-0.3, -0.25) is 9.88 Å². The number of pyridine rings is 2. The monoisotopic (exact) mass is 422 g/mol. The van der Waals surface area contributed by atoms with Crippen LogP contribution >= 0.6 is 0 Å². The zero-order valence-corrected chi connectivity index (χ0v) is 17.1. The molecule has 2 atom stereocenters. The zero-order chi connectivity index (χ0) is 20.6. The van der Waals surface area contributed by atoms with Crippen molar-refractivity contribution in [3.05, 3.63) is 84.3 Å². The average Bonchev–Trinajstić information content (AvgIpc) is 3.11. The van der Waals surface area contributed by atoms with Gasteiger partial charge in [0.15, 0.2) is 0 Å². The van der Waals surface area contributed by atoms with E-state index in [4.69, 9.17) is 4.74 Å². The molecule has 154 valence electrons. The highest BCUT2D eigenvalue weighted by molar-refractivity contribution is 7.89. The standard InChI is InChI=1S/C22H22N4O3S/c27-30(28)21-7-4-10-24-22(21)29-20-16-25(13-18-8-11-23-12-9-18)15-19(20)26(30)14-17-5-2-1-3-6-17/h1-12,19-20H,13-16H2/t19-,20-/m0/s1. The number of sulfonamides is 1. The maximum atomic E-state index is 13.6. The van der Waals surface area contributed by atoms with Crippen molar-refractivity contribution in [3.8, 4) is 5.88 Å². The number of benzene rings is 1. The second-order valence-corrected chi connectivity index (χ2v) is 9.47. The number of nitrogens with zero attached hydrogens (tertiary/aromatic N) is 4. The van der Waals surface area contributed by atoms with Crippen LogP contribution in [0.4, 0.5) is 0 Å². The Morgan fingerprint density at radius 1 is 0.900 bits per heavy atom. The summed E-state index contributed by atoms with van der Waals surface area (Å²) >= 11 is 0. The maximum absolute atomic E-state index is 13.6. The van der Waals surface area contributed by atoms with E-state index in [0.29, 0.717) is 26.2 Å². The van der Waals surface area contributed by atoms with Crippen LogP contribution in [0.15, 0.2) is 78.1 Å². The maximum Gasteiger partial charge on any atom is 0.249 e. The van der Waals surface area contributed by atoms with Crippen molar-refractivity contribution in [2.75, 3.05) is 13.1 Å². The molecule has 2 aliphatic heterocycles. The number of hydrogen-bond donors (Lipinski definition) is 0. The predicted octanol–water partition coefficient (Wildman–Crippen LogP) is 2.31. The van der Waals surface area contributed by atoms with E-state index in [-0.39, 0.29) is 22.9 Å². The minimum absolute atomic E-state index is 0.135. The number of rotatable bonds is 4. The van der Waals surface area contributed by atoms with Crippen LogP contribution in [0.25, 0.3) is 0 Å². The van der Waals surface area contributed by atoms with Crippen molar-refractivity contribution < 1.29 is 13.2 Å². The van der Waals surface area contributed by atoms with Crippen LogP contribution in [-0.2, 0) is 23.1 Å². The van der Waals surface area contributed by atoms with Crippen LogP contribution in [0, 0.1) is 0 Å². The number of likely N-dealkylation sites (tertiary alicyclic amines) is 1. The lowest BCUT2D eigenvalue weighted by atomic mass is 10.1. The van der Waals surface area contributed by atoms with E-state index in [9.17, 15) is 8.42 Å². The third-order valence-corrected chi connectivity index (χ3v) is 7.49. The fourth-order valence-corrected chi connectivity index (χ4v) is 5.88. The summed E-state index contributed by atoms with van der Waals surface area (Å²) in [6.07, 6.45) is 4.82. The molecule has 0 N–H and O–H groups in total. The summed E-state index contributed by atoms with van der Waals surface area (Å²) in [6.45, 7) is 2.23. The van der Waals surface area contributed by atoms with Crippen LogP contribution in [-0.4, -0.2) is 52.8 Å². The molecule has 7 nitrogen and oxygen atoms in total. The number of aromatic nitrogens is 2. The highest BCUT2D eigenvalue weighted by Crippen LogP contribution is 2.36. The minimum atomic E-state index is -3.76. The van der Waals surface area contributed by atoms with Crippen molar-refractivity contribution in [2.45, 2.75) is 30.1 Å². The molecule has 0 aliphatic carbocycles. The topological polar surface area (TPSA) is 75.6 Å². The minimum Gasteiger partial charge on any atom is -0.470 e. The molecule has 2 aromatic heterocycles. The second kappa shape index (κ2) is 7.79. The van der Waals surface area contributed by atoms with Gasteiger partial charge in [-0.25, -0.2) is 13.4 Å². The molecule has 1 saturated heterocycles. The predicted molar refractivity (Wildman–Crippen MR) is 111 cm³/mol. The lowest BCUT2D eigenvalue weighted by Gasteiger charge is -2.28. The van der Waals surface area contributed by atoms with E-state index in [1.54, 1.807) is 35.0 Å². The van der Waals surface area contributed by atoms with Crippen molar-refractivity contribution in [3.63, 3.8) is 0 Å². The average molecular weight is 423 g/mol.